The van der Waals surface area contributed by atoms with Crippen molar-refractivity contribution >= 4 is 17.8 Å². The molecule has 2 N–H and O–H groups in total. The molecule has 0 fully saturated rings. The molecule has 0 spiro atoms. The number of unbranched alkanes of at least 4 members (excludes halogenated alkanes) is 1. The SMILES string of the molecule is CCCCN=Cc1c(O)n(-c2ccc(Cl)cc2)c(=O)[nH]c1=O. The van der Waals surface area contributed by atoms with E-state index in [-0.39, 0.29) is 5.56 Å². The lowest BCUT2D eigenvalue weighted by Gasteiger charge is -2.09. The highest BCUT2D eigenvalue weighted by molar-refractivity contribution is 6.30. The van der Waals surface area contributed by atoms with Gasteiger partial charge in [-0.25, -0.2) is 9.36 Å². The number of rotatable bonds is 5. The van der Waals surface area contributed by atoms with E-state index < -0.39 is 17.1 Å². The van der Waals surface area contributed by atoms with E-state index in [0.717, 1.165) is 17.4 Å². The molecular weight excluding hydrogens is 306 g/mol. The van der Waals surface area contributed by atoms with Gasteiger partial charge in [0.25, 0.3) is 5.56 Å². The van der Waals surface area contributed by atoms with Crippen molar-refractivity contribution in [3.8, 4) is 11.6 Å². The molecule has 0 saturated carbocycles. The zero-order valence-electron chi connectivity index (χ0n) is 12.0. The number of nitrogens with zero attached hydrogens (tertiary/aromatic N) is 2. The summed E-state index contributed by atoms with van der Waals surface area (Å²) < 4.78 is 0.999. The van der Waals surface area contributed by atoms with Gasteiger partial charge in [-0.3, -0.25) is 14.8 Å². The molecule has 1 heterocycles. The largest absolute Gasteiger partial charge is 0.493 e. The summed E-state index contributed by atoms with van der Waals surface area (Å²) >= 11 is 5.80. The Kier molecular flexibility index (Phi) is 5.16. The van der Waals surface area contributed by atoms with Gasteiger partial charge in [0, 0.05) is 17.8 Å². The molecule has 0 bridgehead atoms. The van der Waals surface area contributed by atoms with Gasteiger partial charge in [0.2, 0.25) is 5.88 Å². The molecule has 1 aromatic carbocycles. The first-order valence-corrected chi connectivity index (χ1v) is 7.26. The summed E-state index contributed by atoms with van der Waals surface area (Å²) in [4.78, 5) is 30.0. The summed E-state index contributed by atoms with van der Waals surface area (Å²) in [5, 5.41) is 10.8. The molecule has 2 aromatic rings. The van der Waals surface area contributed by atoms with Crippen molar-refractivity contribution in [1.82, 2.24) is 9.55 Å². The van der Waals surface area contributed by atoms with Crippen LogP contribution >= 0.6 is 11.6 Å². The van der Waals surface area contributed by atoms with Crippen LogP contribution in [0.15, 0.2) is 38.8 Å². The molecule has 6 nitrogen and oxygen atoms in total. The molecule has 2 rings (SSSR count). The highest BCUT2D eigenvalue weighted by atomic mass is 35.5. The van der Waals surface area contributed by atoms with Gasteiger partial charge in [-0.05, 0) is 30.7 Å². The maximum absolute atomic E-state index is 11.9. The van der Waals surface area contributed by atoms with Crippen molar-refractivity contribution in [3.05, 3.63) is 55.7 Å². The van der Waals surface area contributed by atoms with Gasteiger partial charge in [0.1, 0.15) is 5.56 Å². The second-order valence-corrected chi connectivity index (χ2v) is 5.13. The molecule has 116 valence electrons. The van der Waals surface area contributed by atoms with E-state index in [1.54, 1.807) is 24.3 Å². The van der Waals surface area contributed by atoms with Crippen LogP contribution in [0.25, 0.3) is 5.69 Å². The molecule has 0 radical (unpaired) electrons. The van der Waals surface area contributed by atoms with Crippen LogP contribution < -0.4 is 11.2 Å². The molecule has 0 unspecified atom stereocenters. The van der Waals surface area contributed by atoms with Gasteiger partial charge < -0.3 is 5.11 Å². The van der Waals surface area contributed by atoms with Crippen LogP contribution in [0.3, 0.4) is 0 Å². The van der Waals surface area contributed by atoms with Gasteiger partial charge in [-0.2, -0.15) is 0 Å². The van der Waals surface area contributed by atoms with Gasteiger partial charge in [-0.15, -0.1) is 0 Å². The normalized spacial score (nSPS) is 11.2. The summed E-state index contributed by atoms with van der Waals surface area (Å²) in [5.41, 5.74) is -1.06. The van der Waals surface area contributed by atoms with E-state index in [9.17, 15) is 14.7 Å². The predicted molar refractivity (Wildman–Crippen MR) is 86.7 cm³/mol. The molecule has 7 heteroatoms. The number of benzene rings is 1. The van der Waals surface area contributed by atoms with Crippen LogP contribution in [0.1, 0.15) is 25.3 Å². The molecule has 0 aliphatic heterocycles. The Morgan fingerprint density at radius 2 is 2.00 bits per heavy atom. The zero-order valence-corrected chi connectivity index (χ0v) is 12.8. The number of halogens is 1. The summed E-state index contributed by atoms with van der Waals surface area (Å²) in [6, 6.07) is 6.31. The molecule has 22 heavy (non-hydrogen) atoms. The molecule has 0 amide bonds. The van der Waals surface area contributed by atoms with Crippen molar-refractivity contribution in [2.24, 2.45) is 4.99 Å². The minimum absolute atomic E-state index is 0.0503. The lowest BCUT2D eigenvalue weighted by Crippen LogP contribution is -2.31. The Bertz CT molecular complexity index is 791. The van der Waals surface area contributed by atoms with E-state index in [1.807, 2.05) is 6.92 Å². The Labute approximate surface area is 131 Å². The predicted octanol–water partition coefficient (Wildman–Crippen LogP) is 2.10. The minimum Gasteiger partial charge on any atom is -0.493 e. The first-order valence-electron chi connectivity index (χ1n) is 6.88. The van der Waals surface area contributed by atoms with Crippen LogP contribution in [-0.4, -0.2) is 27.4 Å². The van der Waals surface area contributed by atoms with Crippen LogP contribution in [0.5, 0.6) is 5.88 Å². The van der Waals surface area contributed by atoms with Crippen molar-refractivity contribution in [3.63, 3.8) is 0 Å². The maximum Gasteiger partial charge on any atom is 0.335 e. The number of nitrogens with one attached hydrogen (secondary N) is 1. The van der Waals surface area contributed by atoms with E-state index in [0.29, 0.717) is 17.3 Å². The van der Waals surface area contributed by atoms with Crippen molar-refractivity contribution in [1.29, 1.82) is 0 Å². The van der Waals surface area contributed by atoms with E-state index in [1.165, 1.54) is 6.21 Å². The van der Waals surface area contributed by atoms with E-state index in [4.69, 9.17) is 11.6 Å². The molecule has 0 aliphatic rings. The Morgan fingerprint density at radius 3 is 2.64 bits per heavy atom. The summed E-state index contributed by atoms with van der Waals surface area (Å²) in [5.74, 6) is -0.448. The molecule has 1 aromatic heterocycles. The third-order valence-electron chi connectivity index (χ3n) is 3.07. The highest BCUT2D eigenvalue weighted by Crippen LogP contribution is 2.17. The molecule has 0 atom stereocenters. The Morgan fingerprint density at radius 1 is 1.32 bits per heavy atom. The Balaban J connectivity index is 2.51. The fourth-order valence-corrected chi connectivity index (χ4v) is 2.02. The van der Waals surface area contributed by atoms with Gasteiger partial charge >= 0.3 is 5.69 Å². The highest BCUT2D eigenvalue weighted by Gasteiger charge is 2.13. The smallest absolute Gasteiger partial charge is 0.335 e. The monoisotopic (exact) mass is 321 g/mol. The summed E-state index contributed by atoms with van der Waals surface area (Å²) in [6.45, 7) is 2.58. The van der Waals surface area contributed by atoms with Crippen molar-refractivity contribution in [2.75, 3.05) is 6.54 Å². The second kappa shape index (κ2) is 7.09. The number of aromatic hydroxyl groups is 1. The topological polar surface area (TPSA) is 87.4 Å². The molecular formula is C15H16ClN3O3. The summed E-state index contributed by atoms with van der Waals surface area (Å²) in [7, 11) is 0. The Hall–Kier alpha value is -2.34. The minimum atomic E-state index is -0.726. The quantitative estimate of drug-likeness (QED) is 0.653. The number of aromatic nitrogens is 2. The molecule has 0 aliphatic carbocycles. The van der Waals surface area contributed by atoms with Gasteiger partial charge in [-0.1, -0.05) is 24.9 Å². The van der Waals surface area contributed by atoms with E-state index in [2.05, 4.69) is 9.98 Å². The first-order chi connectivity index (χ1) is 10.5. The lowest BCUT2D eigenvalue weighted by molar-refractivity contribution is 0.430. The number of hydrogen-bond acceptors (Lipinski definition) is 4. The van der Waals surface area contributed by atoms with Gasteiger partial charge in [0.15, 0.2) is 0 Å². The zero-order chi connectivity index (χ0) is 16.1. The standard InChI is InChI=1S/C15H16ClN3O3/c1-2-3-8-17-9-12-13(20)18-15(22)19(14(12)21)11-6-4-10(16)5-7-11/h4-7,9,21H,2-3,8H2,1H3,(H,18,20,22). The van der Waals surface area contributed by atoms with Crippen LogP contribution in [0.2, 0.25) is 5.02 Å². The second-order valence-electron chi connectivity index (χ2n) is 4.70. The average Bonchev–Trinajstić information content (AvgIpc) is 2.48. The van der Waals surface area contributed by atoms with Crippen molar-refractivity contribution < 1.29 is 5.11 Å². The average molecular weight is 322 g/mol. The van der Waals surface area contributed by atoms with Crippen LogP contribution in [-0.2, 0) is 0 Å². The summed E-state index contributed by atoms with van der Waals surface area (Å²) in [6.07, 6.45) is 3.14. The first kappa shape index (κ1) is 16.0. The van der Waals surface area contributed by atoms with Gasteiger partial charge in [0.05, 0.1) is 5.69 Å². The van der Waals surface area contributed by atoms with E-state index >= 15 is 0 Å². The third-order valence-corrected chi connectivity index (χ3v) is 3.32. The maximum atomic E-state index is 11.9. The molecule has 0 saturated heterocycles. The number of hydrogen-bond donors (Lipinski definition) is 2. The lowest BCUT2D eigenvalue weighted by atomic mass is 10.3. The fourth-order valence-electron chi connectivity index (χ4n) is 1.89. The number of H-pyrrole nitrogens is 1. The third kappa shape index (κ3) is 3.46. The van der Waals surface area contributed by atoms with Crippen molar-refractivity contribution in [2.45, 2.75) is 19.8 Å². The number of aliphatic imine (C=N–C) groups is 1. The fraction of sp³-hybridized carbons (Fsp3) is 0.267. The number of aromatic amines is 1. The van der Waals surface area contributed by atoms with Crippen LogP contribution in [0, 0.1) is 0 Å². The van der Waals surface area contributed by atoms with Crippen LogP contribution in [0.4, 0.5) is 0 Å².